The third-order valence-corrected chi connectivity index (χ3v) is 6.44. The fraction of sp³-hybridized carbons (Fsp3) is 0.308. The molecule has 0 saturated carbocycles. The van der Waals surface area contributed by atoms with Gasteiger partial charge in [0.2, 0.25) is 5.91 Å². The quantitative estimate of drug-likeness (QED) is 0.572. The predicted molar refractivity (Wildman–Crippen MR) is 121 cm³/mol. The summed E-state index contributed by atoms with van der Waals surface area (Å²) < 4.78 is 21.1. The molecule has 32 heavy (non-hydrogen) atoms. The number of nitrogens with zero attached hydrogens (tertiary/aromatic N) is 3. The van der Waals surface area contributed by atoms with Crippen molar-refractivity contribution in [1.82, 2.24) is 14.5 Å². The molecule has 1 atom stereocenters. The minimum atomic E-state index is -0.210. The zero-order valence-electron chi connectivity index (χ0n) is 18.3. The van der Waals surface area contributed by atoms with Gasteiger partial charge in [-0.3, -0.25) is 4.79 Å². The van der Waals surface area contributed by atoms with E-state index in [1.807, 2.05) is 52.9 Å². The molecule has 0 bridgehead atoms. The van der Waals surface area contributed by atoms with Crippen LogP contribution < -0.4 is 4.74 Å². The number of carbonyl (C=O) groups is 1. The van der Waals surface area contributed by atoms with Crippen LogP contribution >= 0.6 is 0 Å². The van der Waals surface area contributed by atoms with Crippen molar-refractivity contribution in [2.75, 3.05) is 13.7 Å². The third kappa shape index (κ3) is 3.81. The van der Waals surface area contributed by atoms with Gasteiger partial charge >= 0.3 is 0 Å². The lowest BCUT2D eigenvalue weighted by Gasteiger charge is -2.33. The van der Waals surface area contributed by atoms with E-state index in [1.165, 1.54) is 6.07 Å². The molecule has 0 unspecified atom stereocenters. The zero-order chi connectivity index (χ0) is 22.2. The van der Waals surface area contributed by atoms with Crippen molar-refractivity contribution in [2.45, 2.75) is 38.6 Å². The second kappa shape index (κ2) is 8.26. The SMILES string of the molecule is COc1cc(C=C2CCCN([C@@H]3Cc4ccc(F)cc4C3)C2=O)ccc1-n1cnc(C)c1. The van der Waals surface area contributed by atoms with Crippen molar-refractivity contribution < 1.29 is 13.9 Å². The van der Waals surface area contributed by atoms with E-state index in [0.717, 1.165) is 71.6 Å². The highest BCUT2D eigenvalue weighted by atomic mass is 19.1. The van der Waals surface area contributed by atoms with Crippen molar-refractivity contribution in [2.24, 2.45) is 0 Å². The topological polar surface area (TPSA) is 47.4 Å². The van der Waals surface area contributed by atoms with E-state index < -0.39 is 0 Å². The molecule has 5 rings (SSSR count). The number of methoxy groups -OCH3 is 1. The number of fused-ring (bicyclic) bond motifs is 1. The fourth-order valence-corrected chi connectivity index (χ4v) is 4.85. The van der Waals surface area contributed by atoms with Gasteiger partial charge in [0.05, 0.1) is 24.8 Å². The van der Waals surface area contributed by atoms with Crippen molar-refractivity contribution in [1.29, 1.82) is 0 Å². The number of aryl methyl sites for hydroxylation is 1. The molecule has 5 nitrogen and oxygen atoms in total. The van der Waals surface area contributed by atoms with E-state index in [-0.39, 0.29) is 17.8 Å². The smallest absolute Gasteiger partial charge is 0.250 e. The summed E-state index contributed by atoms with van der Waals surface area (Å²) in [5, 5.41) is 0. The van der Waals surface area contributed by atoms with Crippen LogP contribution in [0.3, 0.4) is 0 Å². The number of hydrogen-bond acceptors (Lipinski definition) is 3. The van der Waals surface area contributed by atoms with Crippen molar-refractivity contribution in [3.63, 3.8) is 0 Å². The van der Waals surface area contributed by atoms with Crippen LogP contribution in [0.4, 0.5) is 4.39 Å². The average Bonchev–Trinajstić information content (AvgIpc) is 3.40. The number of rotatable bonds is 4. The van der Waals surface area contributed by atoms with E-state index >= 15 is 0 Å². The van der Waals surface area contributed by atoms with Gasteiger partial charge in [0.25, 0.3) is 0 Å². The third-order valence-electron chi connectivity index (χ3n) is 6.44. The number of aromatic nitrogens is 2. The van der Waals surface area contributed by atoms with E-state index in [0.29, 0.717) is 0 Å². The molecular weight excluding hydrogens is 405 g/mol. The summed E-state index contributed by atoms with van der Waals surface area (Å²) >= 11 is 0. The Morgan fingerprint density at radius 2 is 2.00 bits per heavy atom. The Labute approximate surface area is 187 Å². The molecular formula is C26H26FN3O2. The maximum absolute atomic E-state index is 13.6. The molecule has 0 radical (unpaired) electrons. The van der Waals surface area contributed by atoms with Crippen molar-refractivity contribution >= 4 is 12.0 Å². The minimum Gasteiger partial charge on any atom is -0.495 e. The van der Waals surface area contributed by atoms with E-state index in [4.69, 9.17) is 4.74 Å². The number of imidazole rings is 1. The first-order valence-corrected chi connectivity index (χ1v) is 11.0. The van der Waals surface area contributed by atoms with Gasteiger partial charge in [0, 0.05) is 24.4 Å². The Morgan fingerprint density at radius 3 is 2.78 bits per heavy atom. The Balaban J connectivity index is 1.38. The van der Waals surface area contributed by atoms with Gasteiger partial charge in [-0.15, -0.1) is 0 Å². The molecule has 6 heteroatoms. The lowest BCUT2D eigenvalue weighted by Crippen LogP contribution is -2.44. The standard InChI is InChI=1S/C26H26FN3O2/c1-17-15-29(16-28-17)24-8-5-18(11-25(24)32-2)10-20-4-3-9-30(26(20)31)23-13-19-6-7-22(27)12-21(19)14-23/h5-8,10-12,15-16,23H,3-4,9,13-14H2,1-2H3/t23-/m1/s1. The summed E-state index contributed by atoms with van der Waals surface area (Å²) in [6, 6.07) is 11.0. The van der Waals surface area contributed by atoms with Crippen LogP contribution in [0.25, 0.3) is 11.8 Å². The maximum Gasteiger partial charge on any atom is 0.250 e. The Kier molecular flexibility index (Phi) is 5.29. The van der Waals surface area contributed by atoms with Crippen LogP contribution in [0.15, 0.2) is 54.5 Å². The van der Waals surface area contributed by atoms with E-state index in [9.17, 15) is 9.18 Å². The number of likely N-dealkylation sites (tertiary alicyclic amines) is 1. The fourth-order valence-electron chi connectivity index (χ4n) is 4.85. The highest BCUT2D eigenvalue weighted by molar-refractivity contribution is 5.98. The maximum atomic E-state index is 13.6. The molecule has 1 amide bonds. The van der Waals surface area contributed by atoms with Gasteiger partial charge in [-0.05, 0) is 79.6 Å². The first-order valence-electron chi connectivity index (χ1n) is 11.0. The van der Waals surface area contributed by atoms with Crippen LogP contribution in [-0.2, 0) is 17.6 Å². The molecule has 1 aromatic heterocycles. The Bertz CT molecular complexity index is 1210. The minimum absolute atomic E-state index is 0.0859. The van der Waals surface area contributed by atoms with Gasteiger partial charge in [0.15, 0.2) is 0 Å². The number of hydrogen-bond donors (Lipinski definition) is 0. The highest BCUT2D eigenvalue weighted by Crippen LogP contribution is 2.31. The normalized spacial score (nSPS) is 19.5. The van der Waals surface area contributed by atoms with Gasteiger partial charge in [0.1, 0.15) is 11.6 Å². The van der Waals surface area contributed by atoms with Crippen molar-refractivity contribution in [3.8, 4) is 11.4 Å². The second-order valence-corrected chi connectivity index (χ2v) is 8.60. The molecule has 1 aliphatic carbocycles. The van der Waals surface area contributed by atoms with Gasteiger partial charge in [-0.2, -0.15) is 0 Å². The predicted octanol–water partition coefficient (Wildman–Crippen LogP) is 4.50. The zero-order valence-corrected chi connectivity index (χ0v) is 18.3. The van der Waals surface area contributed by atoms with Crippen LogP contribution in [0.1, 0.15) is 35.2 Å². The summed E-state index contributed by atoms with van der Waals surface area (Å²) in [5.41, 5.74) is 5.76. The number of piperidine rings is 1. The molecule has 3 aromatic rings. The van der Waals surface area contributed by atoms with Gasteiger partial charge < -0.3 is 14.2 Å². The van der Waals surface area contributed by atoms with Crippen LogP contribution in [-0.4, -0.2) is 40.1 Å². The molecule has 2 aliphatic rings. The molecule has 1 saturated heterocycles. The van der Waals surface area contributed by atoms with E-state index in [1.54, 1.807) is 19.5 Å². The summed E-state index contributed by atoms with van der Waals surface area (Å²) in [7, 11) is 1.65. The molecule has 2 heterocycles. The molecule has 0 N–H and O–H groups in total. The number of halogens is 1. The number of benzene rings is 2. The largest absolute Gasteiger partial charge is 0.495 e. The number of carbonyl (C=O) groups excluding carboxylic acids is 1. The Hall–Kier alpha value is -3.41. The average molecular weight is 432 g/mol. The van der Waals surface area contributed by atoms with E-state index in [2.05, 4.69) is 4.98 Å². The summed E-state index contributed by atoms with van der Waals surface area (Å²) in [6.45, 7) is 2.70. The summed E-state index contributed by atoms with van der Waals surface area (Å²) in [6.07, 6.45) is 8.89. The number of amides is 1. The first kappa shape index (κ1) is 20.5. The Morgan fingerprint density at radius 1 is 1.16 bits per heavy atom. The van der Waals surface area contributed by atoms with Crippen LogP contribution in [0.5, 0.6) is 5.75 Å². The molecule has 1 fully saturated rings. The van der Waals surface area contributed by atoms with Crippen LogP contribution in [0, 0.1) is 12.7 Å². The molecule has 1 aliphatic heterocycles. The second-order valence-electron chi connectivity index (χ2n) is 8.60. The molecule has 164 valence electrons. The monoisotopic (exact) mass is 431 g/mol. The van der Waals surface area contributed by atoms with Crippen LogP contribution in [0.2, 0.25) is 0 Å². The van der Waals surface area contributed by atoms with Crippen molar-refractivity contribution in [3.05, 3.63) is 82.7 Å². The van der Waals surface area contributed by atoms with Gasteiger partial charge in [-0.1, -0.05) is 12.1 Å². The number of ether oxygens (including phenoxy) is 1. The summed E-state index contributed by atoms with van der Waals surface area (Å²) in [5.74, 6) is 0.603. The first-order chi connectivity index (χ1) is 15.5. The highest BCUT2D eigenvalue weighted by Gasteiger charge is 2.33. The molecule has 2 aromatic carbocycles. The molecule has 0 spiro atoms. The lowest BCUT2D eigenvalue weighted by atomic mass is 9.98. The van der Waals surface area contributed by atoms with Gasteiger partial charge in [-0.25, -0.2) is 9.37 Å². The lowest BCUT2D eigenvalue weighted by molar-refractivity contribution is -0.130. The summed E-state index contributed by atoms with van der Waals surface area (Å²) in [4.78, 5) is 19.6.